The molecule has 28 heavy (non-hydrogen) atoms. The fourth-order valence-electron chi connectivity index (χ4n) is 2.34. The summed E-state index contributed by atoms with van der Waals surface area (Å²) in [6.07, 6.45) is 6.06. The van der Waals surface area contributed by atoms with Gasteiger partial charge in [-0.05, 0) is 36.4 Å². The molecule has 1 aromatic rings. The highest BCUT2D eigenvalue weighted by Gasteiger charge is 2.27. The van der Waals surface area contributed by atoms with Crippen LogP contribution in [0.2, 0.25) is 0 Å². The Labute approximate surface area is 161 Å². The molecule has 0 spiro atoms. The van der Waals surface area contributed by atoms with Gasteiger partial charge in [-0.1, -0.05) is 6.08 Å². The van der Waals surface area contributed by atoms with Gasteiger partial charge in [0.25, 0.3) is 10.0 Å². The maximum Gasteiger partial charge on any atom is 0.355 e. The SMILES string of the molecule is COC(=O)C1=C(C(=O)OC)N(c2ccc(S(=O)(=O)N=C(N)N)cc2)C=CC=C1. The van der Waals surface area contributed by atoms with E-state index in [1.165, 1.54) is 55.7 Å². The number of benzene rings is 1. The van der Waals surface area contributed by atoms with Crippen LogP contribution in [0, 0.1) is 0 Å². The van der Waals surface area contributed by atoms with Crippen LogP contribution in [0.25, 0.3) is 0 Å². The molecule has 0 bridgehead atoms. The van der Waals surface area contributed by atoms with E-state index >= 15 is 0 Å². The lowest BCUT2D eigenvalue weighted by Gasteiger charge is -2.23. The molecule has 0 amide bonds. The minimum atomic E-state index is -4.07. The fraction of sp³-hybridized carbons (Fsp3) is 0.118. The Bertz CT molecular complexity index is 1000. The lowest BCUT2D eigenvalue weighted by atomic mass is 10.1. The second-order valence-corrected chi connectivity index (χ2v) is 6.91. The zero-order valence-corrected chi connectivity index (χ0v) is 15.8. The second-order valence-electron chi connectivity index (χ2n) is 5.30. The number of nitrogens with two attached hydrogens (primary N) is 2. The van der Waals surface area contributed by atoms with Crippen LogP contribution in [0.4, 0.5) is 5.69 Å². The Balaban J connectivity index is 2.57. The van der Waals surface area contributed by atoms with Crippen molar-refractivity contribution >= 4 is 33.6 Å². The van der Waals surface area contributed by atoms with Crippen LogP contribution in [-0.2, 0) is 29.1 Å². The third-order valence-electron chi connectivity index (χ3n) is 3.53. The molecule has 0 fully saturated rings. The monoisotopic (exact) mass is 406 g/mol. The molecular weight excluding hydrogens is 388 g/mol. The van der Waals surface area contributed by atoms with Crippen LogP contribution in [0.15, 0.2) is 69.3 Å². The number of hydrogen-bond acceptors (Lipinski definition) is 7. The predicted octanol–water partition coefficient (Wildman–Crippen LogP) is 0.139. The number of carbonyl (C=O) groups excluding carboxylic acids is 2. The highest BCUT2D eigenvalue weighted by Crippen LogP contribution is 2.27. The van der Waals surface area contributed by atoms with Crippen molar-refractivity contribution < 1.29 is 27.5 Å². The molecule has 0 saturated heterocycles. The summed E-state index contributed by atoms with van der Waals surface area (Å²) in [6.45, 7) is 0. The molecule has 0 saturated carbocycles. The number of ether oxygens (including phenoxy) is 2. The molecule has 1 heterocycles. The largest absolute Gasteiger partial charge is 0.465 e. The fourth-order valence-corrected chi connectivity index (χ4v) is 3.20. The zero-order chi connectivity index (χ0) is 20.9. The van der Waals surface area contributed by atoms with Gasteiger partial charge in [0.05, 0.1) is 24.7 Å². The lowest BCUT2D eigenvalue weighted by Crippen LogP contribution is -2.27. The Kier molecular flexibility index (Phi) is 6.21. The zero-order valence-electron chi connectivity index (χ0n) is 15.0. The van der Waals surface area contributed by atoms with Crippen molar-refractivity contribution in [3.8, 4) is 0 Å². The van der Waals surface area contributed by atoms with Gasteiger partial charge >= 0.3 is 11.9 Å². The van der Waals surface area contributed by atoms with E-state index in [1.807, 2.05) is 0 Å². The summed E-state index contributed by atoms with van der Waals surface area (Å²) >= 11 is 0. The molecule has 0 aliphatic carbocycles. The molecule has 4 N–H and O–H groups in total. The van der Waals surface area contributed by atoms with Crippen molar-refractivity contribution in [1.29, 1.82) is 0 Å². The summed E-state index contributed by atoms with van der Waals surface area (Å²) in [4.78, 5) is 25.7. The van der Waals surface area contributed by atoms with E-state index in [0.717, 1.165) is 0 Å². The first-order chi connectivity index (χ1) is 13.2. The van der Waals surface area contributed by atoms with Crippen molar-refractivity contribution in [2.45, 2.75) is 4.90 Å². The van der Waals surface area contributed by atoms with E-state index in [1.54, 1.807) is 12.2 Å². The van der Waals surface area contributed by atoms with Gasteiger partial charge < -0.3 is 25.8 Å². The summed E-state index contributed by atoms with van der Waals surface area (Å²) in [5.74, 6) is -2.12. The van der Waals surface area contributed by atoms with Crippen LogP contribution in [0.3, 0.4) is 0 Å². The molecule has 10 nitrogen and oxygen atoms in total. The van der Waals surface area contributed by atoms with Crippen LogP contribution in [-0.4, -0.2) is 40.5 Å². The lowest BCUT2D eigenvalue weighted by molar-refractivity contribution is -0.139. The highest BCUT2D eigenvalue weighted by atomic mass is 32.2. The maximum atomic E-state index is 12.3. The molecule has 0 atom stereocenters. The minimum Gasteiger partial charge on any atom is -0.465 e. The molecule has 0 aromatic heterocycles. The van der Waals surface area contributed by atoms with Gasteiger partial charge in [-0.3, -0.25) is 0 Å². The molecule has 148 valence electrons. The quantitative estimate of drug-likeness (QED) is 0.394. The van der Waals surface area contributed by atoms with Gasteiger partial charge in [-0.2, -0.15) is 8.42 Å². The summed E-state index contributed by atoms with van der Waals surface area (Å²) in [7, 11) is -1.71. The molecule has 1 aromatic carbocycles. The van der Waals surface area contributed by atoms with E-state index in [4.69, 9.17) is 20.9 Å². The van der Waals surface area contributed by atoms with E-state index in [0.29, 0.717) is 5.69 Å². The first kappa shape index (κ1) is 20.7. The molecule has 1 aliphatic heterocycles. The highest BCUT2D eigenvalue weighted by molar-refractivity contribution is 7.90. The van der Waals surface area contributed by atoms with Crippen LogP contribution < -0.4 is 16.4 Å². The maximum absolute atomic E-state index is 12.3. The Morgan fingerprint density at radius 3 is 2.14 bits per heavy atom. The van der Waals surface area contributed by atoms with Crippen molar-refractivity contribution in [3.05, 3.63) is 60.0 Å². The van der Waals surface area contributed by atoms with E-state index in [2.05, 4.69) is 4.40 Å². The number of nitrogens with zero attached hydrogens (tertiary/aromatic N) is 2. The van der Waals surface area contributed by atoms with Crippen LogP contribution in [0.1, 0.15) is 0 Å². The van der Waals surface area contributed by atoms with E-state index < -0.39 is 27.9 Å². The van der Waals surface area contributed by atoms with E-state index in [-0.39, 0.29) is 16.2 Å². The first-order valence-corrected chi connectivity index (χ1v) is 9.16. The first-order valence-electron chi connectivity index (χ1n) is 7.72. The summed E-state index contributed by atoms with van der Waals surface area (Å²) in [6, 6.07) is 5.36. The van der Waals surface area contributed by atoms with Gasteiger partial charge in [-0.15, -0.1) is 4.40 Å². The summed E-state index contributed by atoms with van der Waals surface area (Å²) in [5, 5.41) is 0. The summed E-state index contributed by atoms with van der Waals surface area (Å²) in [5.41, 5.74) is 10.5. The average Bonchev–Trinajstić information content (AvgIpc) is 2.88. The van der Waals surface area contributed by atoms with Crippen molar-refractivity contribution in [1.82, 2.24) is 0 Å². The number of anilines is 1. The van der Waals surface area contributed by atoms with Crippen molar-refractivity contribution in [2.24, 2.45) is 15.9 Å². The molecule has 1 aliphatic rings. The standard InChI is InChI=1S/C17H18N4O6S/c1-26-15(22)13-5-3-4-10-21(14(13)16(23)27-2)11-6-8-12(9-7-11)28(24,25)20-17(18)19/h3-10H,1-2H3,(H4,18,19,20). The van der Waals surface area contributed by atoms with Gasteiger partial charge in [0.1, 0.15) is 5.70 Å². The number of allylic oxidation sites excluding steroid dienone is 2. The number of carbonyl (C=O) groups is 2. The van der Waals surface area contributed by atoms with Gasteiger partial charge in [0.2, 0.25) is 5.96 Å². The number of guanidine groups is 1. The third-order valence-corrected chi connectivity index (χ3v) is 4.85. The third kappa shape index (κ3) is 4.38. The van der Waals surface area contributed by atoms with Gasteiger partial charge in [-0.25, -0.2) is 9.59 Å². The number of rotatable bonds is 5. The second kappa shape index (κ2) is 8.39. The number of esters is 2. The topological polar surface area (TPSA) is 154 Å². The Morgan fingerprint density at radius 2 is 1.61 bits per heavy atom. The van der Waals surface area contributed by atoms with Gasteiger partial charge in [0, 0.05) is 11.9 Å². The number of sulfonamides is 1. The van der Waals surface area contributed by atoms with Crippen molar-refractivity contribution in [3.63, 3.8) is 0 Å². The smallest absolute Gasteiger partial charge is 0.355 e. The molecule has 0 unspecified atom stereocenters. The summed E-state index contributed by atoms with van der Waals surface area (Å²) < 4.78 is 36.8. The Hall–Kier alpha value is -3.60. The molecule has 11 heteroatoms. The van der Waals surface area contributed by atoms with Crippen LogP contribution >= 0.6 is 0 Å². The average molecular weight is 406 g/mol. The number of methoxy groups -OCH3 is 2. The Morgan fingerprint density at radius 1 is 1.00 bits per heavy atom. The van der Waals surface area contributed by atoms with Gasteiger partial charge in [0.15, 0.2) is 0 Å². The molecular formula is C17H18N4O6S. The normalized spacial score (nSPS) is 13.7. The van der Waals surface area contributed by atoms with Crippen molar-refractivity contribution in [2.75, 3.05) is 19.1 Å². The number of hydrogen-bond donors (Lipinski definition) is 2. The minimum absolute atomic E-state index is 0.0310. The van der Waals surface area contributed by atoms with E-state index in [9.17, 15) is 18.0 Å². The molecule has 0 radical (unpaired) electrons. The van der Waals surface area contributed by atoms with Crippen LogP contribution in [0.5, 0.6) is 0 Å². The molecule has 2 rings (SSSR count). The predicted molar refractivity (Wildman–Crippen MR) is 101 cm³/mol.